The lowest BCUT2D eigenvalue weighted by atomic mass is 10.0. The Bertz CT molecular complexity index is 1390. The Morgan fingerprint density at radius 3 is 1.59 bits per heavy atom. The van der Waals surface area contributed by atoms with Gasteiger partial charge >= 0.3 is 7.60 Å². The van der Waals surface area contributed by atoms with Gasteiger partial charge in [-0.05, 0) is 63.3 Å². The van der Waals surface area contributed by atoms with E-state index in [-0.39, 0.29) is 50.0 Å². The number of hydrogen-bond donors (Lipinski definition) is 14. The van der Waals surface area contributed by atoms with Crippen molar-refractivity contribution >= 4 is 54.9 Å². The number of rotatable bonds is 28. The predicted molar refractivity (Wildman–Crippen MR) is 206 cm³/mol. The molecule has 7 amide bonds. The number of nitrogens with two attached hydrogens (primary N) is 5. The summed E-state index contributed by atoms with van der Waals surface area (Å²) in [5.41, 5.74) is 27.5. The number of nitrogens with zero attached hydrogens (tertiary/aromatic N) is 1. The first-order chi connectivity index (χ1) is 26.0. The predicted octanol–water partition coefficient (Wildman–Crippen LogP) is -5.22. The third-order valence-corrected chi connectivity index (χ3v) is 8.71. The largest absolute Gasteiger partial charge is 0.394 e. The van der Waals surface area contributed by atoms with Crippen molar-refractivity contribution in [2.24, 2.45) is 45.5 Å². The normalized spacial score (nSPS) is 14.6. The first-order valence-electron chi connectivity index (χ1n) is 18.2. The van der Waals surface area contributed by atoms with Crippen molar-refractivity contribution in [3.05, 3.63) is 0 Å². The van der Waals surface area contributed by atoms with Crippen LogP contribution in [0.25, 0.3) is 0 Å². The molecule has 0 saturated carbocycles. The minimum atomic E-state index is -5.07. The van der Waals surface area contributed by atoms with Crippen molar-refractivity contribution in [3.8, 4) is 0 Å². The van der Waals surface area contributed by atoms with E-state index in [9.17, 15) is 53.0 Å². The highest BCUT2D eigenvalue weighted by Gasteiger charge is 2.35. The van der Waals surface area contributed by atoms with Crippen LogP contribution in [0.2, 0.25) is 0 Å². The molecule has 0 radical (unpaired) electrons. The van der Waals surface area contributed by atoms with Gasteiger partial charge < -0.3 is 75.5 Å². The van der Waals surface area contributed by atoms with Crippen LogP contribution in [0.15, 0.2) is 4.99 Å². The monoisotopic (exact) mass is 822 g/mol. The third kappa shape index (κ3) is 22.8. The SMILES string of the molecule is CC(C)C[C@H](NC(=O)[C@H](CO)NC(=O)[C@H](CP(=O)(O)O)NC(=O)[C@H](CCCN=C(N)N)NC(=O)[C@H](CCCCN)NC(=O)[C@@H](N)CC(C)C)C(=O)NCC(N)=O. The summed E-state index contributed by atoms with van der Waals surface area (Å²) < 4.78 is 12.1. The van der Waals surface area contributed by atoms with E-state index in [0.717, 1.165) is 0 Å². The zero-order valence-electron chi connectivity index (χ0n) is 32.5. The number of carbonyl (C=O) groups is 7. The smallest absolute Gasteiger partial charge is 0.328 e. The van der Waals surface area contributed by atoms with Gasteiger partial charge in [0.15, 0.2) is 5.96 Å². The summed E-state index contributed by atoms with van der Waals surface area (Å²) in [6.07, 6.45) is 0.0880. The minimum Gasteiger partial charge on any atom is -0.394 e. The van der Waals surface area contributed by atoms with Crippen molar-refractivity contribution in [2.45, 2.75) is 109 Å². The molecular formula is C32H63N12O11P. The fraction of sp³-hybridized carbons (Fsp3) is 0.750. The molecular weight excluding hydrogens is 759 g/mol. The highest BCUT2D eigenvalue weighted by Crippen LogP contribution is 2.35. The number of aliphatic hydroxyl groups is 1. The van der Waals surface area contributed by atoms with Gasteiger partial charge in [-0.1, -0.05) is 27.7 Å². The number of nitrogens with one attached hydrogen (secondary N) is 6. The summed E-state index contributed by atoms with van der Waals surface area (Å²) in [6, 6.07) is -8.63. The van der Waals surface area contributed by atoms with Gasteiger partial charge in [0.2, 0.25) is 41.4 Å². The fourth-order valence-electron chi connectivity index (χ4n) is 5.14. The Morgan fingerprint density at radius 1 is 0.643 bits per heavy atom. The van der Waals surface area contributed by atoms with E-state index in [1.807, 2.05) is 13.8 Å². The molecule has 0 bridgehead atoms. The van der Waals surface area contributed by atoms with Crippen LogP contribution in [0.4, 0.5) is 0 Å². The molecule has 24 heteroatoms. The lowest BCUT2D eigenvalue weighted by molar-refractivity contribution is -0.135. The van der Waals surface area contributed by atoms with Crippen LogP contribution >= 0.6 is 7.60 Å². The number of hydrogen-bond acceptors (Lipinski definition) is 12. The maximum Gasteiger partial charge on any atom is 0.328 e. The van der Waals surface area contributed by atoms with Gasteiger partial charge in [-0.15, -0.1) is 0 Å². The molecule has 0 saturated heterocycles. The summed E-state index contributed by atoms with van der Waals surface area (Å²) in [6.45, 7) is 5.93. The molecule has 0 aliphatic carbocycles. The first-order valence-corrected chi connectivity index (χ1v) is 20.0. The van der Waals surface area contributed by atoms with E-state index < -0.39 is 105 Å². The van der Waals surface area contributed by atoms with E-state index in [0.29, 0.717) is 25.8 Å². The third-order valence-electron chi connectivity index (χ3n) is 7.87. The molecule has 6 atom stereocenters. The Kier molecular flexibility index (Phi) is 24.4. The molecule has 19 N–H and O–H groups in total. The van der Waals surface area contributed by atoms with Gasteiger partial charge in [-0.3, -0.25) is 43.1 Å². The van der Waals surface area contributed by atoms with Crippen LogP contribution in [0.3, 0.4) is 0 Å². The highest BCUT2D eigenvalue weighted by atomic mass is 31.2. The van der Waals surface area contributed by atoms with Gasteiger partial charge in [0.1, 0.15) is 30.2 Å². The van der Waals surface area contributed by atoms with E-state index in [4.69, 9.17) is 28.7 Å². The Morgan fingerprint density at radius 2 is 1.11 bits per heavy atom. The molecule has 0 fully saturated rings. The summed E-state index contributed by atoms with van der Waals surface area (Å²) in [4.78, 5) is 114. The van der Waals surface area contributed by atoms with Crippen LogP contribution < -0.4 is 60.6 Å². The molecule has 322 valence electrons. The van der Waals surface area contributed by atoms with Crippen molar-refractivity contribution in [2.75, 3.05) is 32.4 Å². The van der Waals surface area contributed by atoms with Gasteiger partial charge in [0.05, 0.1) is 25.4 Å². The second-order valence-corrected chi connectivity index (χ2v) is 15.8. The van der Waals surface area contributed by atoms with Gasteiger partial charge in [-0.2, -0.15) is 0 Å². The molecule has 0 heterocycles. The summed E-state index contributed by atoms with van der Waals surface area (Å²) in [5.74, 6) is -6.87. The van der Waals surface area contributed by atoms with E-state index in [2.05, 4.69) is 36.9 Å². The average molecular weight is 823 g/mol. The number of carbonyl (C=O) groups excluding carboxylic acids is 7. The second-order valence-electron chi connectivity index (χ2n) is 14.1. The standard InChI is InChI=1S/C32H63N12O11P/c1-17(2)12-19(34)26(47)40-20(8-5-6-10-33)28(49)41-21(9-7-11-38-32(36)37)29(50)44-24(16-56(53,54)55)31(52)43-23(15-45)30(51)42-22(13-18(3)4)27(48)39-14-25(35)46/h17-24,45H,5-16,33-34H2,1-4H3,(H2,35,46)(H,39,48)(H,40,47)(H,41,49)(H,42,51)(H,43,52)(H,44,50)(H4,36,37,38)(H2,53,54,55)/t19-,20-,21-,22-,23-,24-/m0/s1. The number of aliphatic hydroxyl groups excluding tert-OH is 1. The number of unbranched alkanes of at least 4 members (excludes halogenated alkanes) is 1. The quantitative estimate of drug-likeness (QED) is 0.0152. The van der Waals surface area contributed by atoms with Crippen molar-refractivity contribution in [1.29, 1.82) is 0 Å². The molecule has 0 spiro atoms. The maximum absolute atomic E-state index is 13.7. The van der Waals surface area contributed by atoms with Crippen molar-refractivity contribution in [1.82, 2.24) is 31.9 Å². The number of guanidine groups is 1. The first kappa shape index (κ1) is 51.6. The van der Waals surface area contributed by atoms with Crippen LogP contribution in [-0.4, -0.2) is 131 Å². The second kappa shape index (κ2) is 26.4. The molecule has 0 aliphatic rings. The molecule has 0 aliphatic heterocycles. The van der Waals surface area contributed by atoms with Gasteiger partial charge in [0.25, 0.3) is 0 Å². The molecule has 0 rings (SSSR count). The van der Waals surface area contributed by atoms with Crippen LogP contribution in [0.5, 0.6) is 0 Å². The molecule has 0 aromatic rings. The lowest BCUT2D eigenvalue weighted by Gasteiger charge is -2.27. The number of primary amides is 1. The van der Waals surface area contributed by atoms with Crippen LogP contribution in [0.1, 0.15) is 72.6 Å². The Balaban J connectivity index is 6.38. The molecule has 0 aromatic heterocycles. The Labute approximate surface area is 326 Å². The molecule has 0 unspecified atom stereocenters. The summed E-state index contributed by atoms with van der Waals surface area (Å²) in [7, 11) is -5.07. The fourth-order valence-corrected chi connectivity index (χ4v) is 5.88. The van der Waals surface area contributed by atoms with Crippen LogP contribution in [0, 0.1) is 11.8 Å². The van der Waals surface area contributed by atoms with Crippen molar-refractivity contribution < 1.29 is 53.0 Å². The van der Waals surface area contributed by atoms with E-state index >= 15 is 0 Å². The number of amides is 7. The highest BCUT2D eigenvalue weighted by molar-refractivity contribution is 7.51. The molecule has 0 aromatic carbocycles. The molecule has 56 heavy (non-hydrogen) atoms. The van der Waals surface area contributed by atoms with E-state index in [1.165, 1.54) is 0 Å². The van der Waals surface area contributed by atoms with Crippen molar-refractivity contribution in [3.63, 3.8) is 0 Å². The average Bonchev–Trinajstić information content (AvgIpc) is 3.08. The summed E-state index contributed by atoms with van der Waals surface area (Å²) in [5, 5.41) is 24.0. The topological polar surface area (TPSA) is 412 Å². The zero-order chi connectivity index (χ0) is 43.2. The Hall–Kier alpha value is -4.41. The van der Waals surface area contributed by atoms with E-state index in [1.54, 1.807) is 13.8 Å². The maximum atomic E-state index is 13.7. The lowest BCUT2D eigenvalue weighted by Crippen LogP contribution is -2.60. The zero-order valence-corrected chi connectivity index (χ0v) is 33.4. The van der Waals surface area contributed by atoms with Gasteiger partial charge in [0, 0.05) is 6.54 Å². The number of aliphatic imine (C=N–C) groups is 1. The minimum absolute atomic E-state index is 0.000742. The summed E-state index contributed by atoms with van der Waals surface area (Å²) >= 11 is 0. The van der Waals surface area contributed by atoms with Crippen LogP contribution in [-0.2, 0) is 38.1 Å². The van der Waals surface area contributed by atoms with Gasteiger partial charge in [-0.25, -0.2) is 0 Å². The molecule has 23 nitrogen and oxygen atoms in total.